The molecule has 0 bridgehead atoms. The Bertz CT molecular complexity index is 253. The average Bonchev–Trinajstić information content (AvgIpc) is 2.12. The second-order valence-corrected chi connectivity index (χ2v) is 3.51. The molecule has 0 aliphatic rings. The molecule has 2 unspecified atom stereocenters. The van der Waals surface area contributed by atoms with Gasteiger partial charge in [0.1, 0.15) is 6.23 Å². The monoisotopic (exact) mass is 259 g/mol. The number of hydrogen-bond acceptors (Lipinski definition) is 5. The molecule has 0 aliphatic heterocycles. The molecule has 0 saturated carbocycles. The van der Waals surface area contributed by atoms with Gasteiger partial charge in [0.05, 0.1) is 11.8 Å². The van der Waals surface area contributed by atoms with Gasteiger partial charge in [-0.3, -0.25) is 9.09 Å². The minimum Gasteiger partial charge on any atom is -0.326 e. The van der Waals surface area contributed by atoms with E-state index in [0.717, 1.165) is 0 Å². The van der Waals surface area contributed by atoms with Crippen molar-refractivity contribution in [3.63, 3.8) is 0 Å². The third-order valence-electron chi connectivity index (χ3n) is 1.23. The summed E-state index contributed by atoms with van der Waals surface area (Å²) >= 11 is 5.30. The fourth-order valence-electron chi connectivity index (χ4n) is 0.689. The molecule has 8 nitrogen and oxygen atoms in total. The molecule has 0 spiro atoms. The van der Waals surface area contributed by atoms with E-state index in [4.69, 9.17) is 16.5 Å². The van der Waals surface area contributed by atoms with Gasteiger partial charge < -0.3 is 10.2 Å². The molecule has 0 saturated heterocycles. The van der Waals surface area contributed by atoms with Gasteiger partial charge in [-0.1, -0.05) is 0 Å². The predicted octanol–water partition coefficient (Wildman–Crippen LogP) is 0.663. The molecule has 2 amide bonds. The van der Waals surface area contributed by atoms with Crippen molar-refractivity contribution in [1.29, 1.82) is 0 Å². The van der Waals surface area contributed by atoms with Crippen LogP contribution < -0.4 is 5.32 Å². The van der Waals surface area contributed by atoms with Crippen LogP contribution in [0, 0.1) is 4.91 Å². The first-order valence-electron chi connectivity index (χ1n) is 3.88. The van der Waals surface area contributed by atoms with Crippen molar-refractivity contribution in [3.05, 3.63) is 4.91 Å². The van der Waals surface area contributed by atoms with E-state index in [0.29, 0.717) is 5.01 Å². The van der Waals surface area contributed by atoms with Gasteiger partial charge in [-0.15, -0.1) is 16.5 Å². The Morgan fingerprint density at radius 1 is 1.80 bits per heavy atom. The Hall–Kier alpha value is -0.690. The maximum absolute atomic E-state index is 11.2. The summed E-state index contributed by atoms with van der Waals surface area (Å²) in [7, 11) is -3.14. The van der Waals surface area contributed by atoms with Crippen molar-refractivity contribution in [3.8, 4) is 0 Å². The molecule has 0 aromatic heterocycles. The van der Waals surface area contributed by atoms with Crippen molar-refractivity contribution in [1.82, 2.24) is 10.3 Å². The fourth-order valence-corrected chi connectivity index (χ4v) is 1.21. The highest BCUT2D eigenvalue weighted by Crippen LogP contribution is 2.16. The van der Waals surface area contributed by atoms with Crippen molar-refractivity contribution in [2.45, 2.75) is 13.2 Å². The van der Waals surface area contributed by atoms with Crippen LogP contribution in [0.15, 0.2) is 5.29 Å². The molecule has 0 aromatic rings. The maximum atomic E-state index is 11.2. The predicted molar refractivity (Wildman–Crippen MR) is 53.5 cm³/mol. The third kappa shape index (κ3) is 6.40. The van der Waals surface area contributed by atoms with Crippen molar-refractivity contribution in [2.24, 2.45) is 5.29 Å². The summed E-state index contributed by atoms with van der Waals surface area (Å²) in [5.74, 6) is 0.0466. The average molecular weight is 260 g/mol. The number of carbonyl (C=O) groups is 1. The molecule has 0 radical (unpaired) electrons. The first kappa shape index (κ1) is 14.3. The highest BCUT2D eigenvalue weighted by atomic mass is 35.5. The Balaban J connectivity index is 4.09. The number of halogens is 1. The molecule has 0 rings (SSSR count). The zero-order valence-electron chi connectivity index (χ0n) is 7.84. The lowest BCUT2D eigenvalue weighted by molar-refractivity contribution is 0.150. The number of urea groups is 1. The summed E-state index contributed by atoms with van der Waals surface area (Å²) in [5.41, 5.74) is 0. The van der Waals surface area contributed by atoms with Crippen LogP contribution in [0.5, 0.6) is 0 Å². The number of nitrogens with zero attached hydrogens (tertiary/aromatic N) is 2. The number of amides is 2. The summed E-state index contributed by atoms with van der Waals surface area (Å²) in [6, 6.07) is -0.846. The van der Waals surface area contributed by atoms with Crippen LogP contribution in [0.4, 0.5) is 4.79 Å². The Morgan fingerprint density at radius 3 is 2.80 bits per heavy atom. The van der Waals surface area contributed by atoms with E-state index in [1.54, 1.807) is 0 Å². The van der Waals surface area contributed by atoms with E-state index in [1.807, 2.05) is 0 Å². The van der Waals surface area contributed by atoms with Crippen molar-refractivity contribution in [2.75, 3.05) is 12.4 Å². The van der Waals surface area contributed by atoms with Gasteiger partial charge in [-0.2, -0.15) is 5.01 Å². The van der Waals surface area contributed by atoms with Gasteiger partial charge >= 0.3 is 14.3 Å². The number of carbonyl (C=O) groups excluding carboxylic acids is 1. The van der Waals surface area contributed by atoms with Gasteiger partial charge in [0.2, 0.25) is 0 Å². The molecule has 2 N–H and O–H groups in total. The molecule has 0 aromatic carbocycles. The number of rotatable bonds is 6. The van der Waals surface area contributed by atoms with Gasteiger partial charge in [-0.25, -0.2) is 4.79 Å². The Kier molecular flexibility index (Phi) is 7.23. The molecule has 88 valence electrons. The molecule has 0 aliphatic carbocycles. The van der Waals surface area contributed by atoms with Crippen LogP contribution in [-0.4, -0.2) is 34.6 Å². The zero-order chi connectivity index (χ0) is 11.8. The third-order valence-corrected chi connectivity index (χ3v) is 1.96. The molecule has 2 atom stereocenters. The SMILES string of the molecule is CC(NC(=O)N(CCCl)N=O)O[PH](=O)O. The van der Waals surface area contributed by atoms with Crippen LogP contribution in [-0.2, 0) is 9.09 Å². The topological polar surface area (TPSA) is 108 Å². The highest BCUT2D eigenvalue weighted by Gasteiger charge is 2.16. The second kappa shape index (κ2) is 7.58. The standard InChI is InChI=1S/C5H11ClN3O5P/c1-4(14-15(12)13)7-5(10)9(8-11)3-2-6/h4,15H,2-3H2,1H3,(H,7,10)(H,12,13). The minimum atomic E-state index is -3.14. The summed E-state index contributed by atoms with van der Waals surface area (Å²) in [6.45, 7) is 1.28. The fraction of sp³-hybridized carbons (Fsp3) is 0.800. The van der Waals surface area contributed by atoms with E-state index < -0.39 is 20.5 Å². The Labute approximate surface area is 91.4 Å². The van der Waals surface area contributed by atoms with E-state index in [2.05, 4.69) is 15.1 Å². The van der Waals surface area contributed by atoms with E-state index >= 15 is 0 Å². The molecular formula is C5H11ClN3O5P. The van der Waals surface area contributed by atoms with E-state index in [1.165, 1.54) is 6.92 Å². The zero-order valence-corrected chi connectivity index (χ0v) is 9.60. The first-order valence-corrected chi connectivity index (χ1v) is 5.68. The van der Waals surface area contributed by atoms with Crippen LogP contribution in [0.2, 0.25) is 0 Å². The van der Waals surface area contributed by atoms with Crippen molar-refractivity contribution >= 4 is 25.9 Å². The van der Waals surface area contributed by atoms with Crippen molar-refractivity contribution < 1.29 is 18.8 Å². The maximum Gasteiger partial charge on any atom is 0.342 e. The number of hydrogen-bond donors (Lipinski definition) is 2. The summed E-state index contributed by atoms with van der Waals surface area (Å²) in [6.07, 6.45) is -0.992. The van der Waals surface area contributed by atoms with Crippen LogP contribution in [0.25, 0.3) is 0 Å². The lowest BCUT2D eigenvalue weighted by atomic mass is 10.6. The van der Waals surface area contributed by atoms with Gasteiger partial charge in [0.25, 0.3) is 0 Å². The lowest BCUT2D eigenvalue weighted by Crippen LogP contribution is -2.42. The summed E-state index contributed by atoms with van der Waals surface area (Å²) in [4.78, 5) is 29.7. The van der Waals surface area contributed by atoms with Crippen LogP contribution >= 0.6 is 19.9 Å². The number of nitrogens with one attached hydrogen (secondary N) is 1. The molecule has 10 heteroatoms. The van der Waals surface area contributed by atoms with E-state index in [9.17, 15) is 14.3 Å². The lowest BCUT2D eigenvalue weighted by Gasteiger charge is -2.16. The van der Waals surface area contributed by atoms with Gasteiger partial charge in [-0.05, 0) is 6.92 Å². The van der Waals surface area contributed by atoms with Crippen LogP contribution in [0.3, 0.4) is 0 Å². The molecule has 15 heavy (non-hydrogen) atoms. The van der Waals surface area contributed by atoms with Gasteiger partial charge in [0.15, 0.2) is 0 Å². The summed E-state index contributed by atoms with van der Waals surface area (Å²) < 4.78 is 14.6. The first-order chi connectivity index (χ1) is 7.01. The number of nitroso groups, excluding NO2 is 1. The highest BCUT2D eigenvalue weighted by molar-refractivity contribution is 7.32. The normalized spacial score (nSPS) is 14.1. The smallest absolute Gasteiger partial charge is 0.326 e. The quantitative estimate of drug-likeness (QED) is 0.239. The minimum absolute atomic E-state index is 0.0466. The number of alkyl halides is 1. The van der Waals surface area contributed by atoms with E-state index in [-0.39, 0.29) is 12.4 Å². The molecular weight excluding hydrogens is 248 g/mol. The largest absolute Gasteiger partial charge is 0.342 e. The second-order valence-electron chi connectivity index (χ2n) is 2.37. The summed E-state index contributed by atoms with van der Waals surface area (Å²) in [5, 5.41) is 5.08. The Morgan fingerprint density at radius 2 is 2.40 bits per heavy atom. The van der Waals surface area contributed by atoms with Gasteiger partial charge in [0, 0.05) is 5.88 Å². The molecule has 0 heterocycles. The van der Waals surface area contributed by atoms with Crippen LogP contribution in [0.1, 0.15) is 6.92 Å². The molecule has 0 fully saturated rings.